The fourth-order valence-electron chi connectivity index (χ4n) is 4.42. The van der Waals surface area contributed by atoms with E-state index in [0.717, 1.165) is 70.0 Å². The summed E-state index contributed by atoms with van der Waals surface area (Å²) in [5.41, 5.74) is -2.20. The number of amides is 1. The lowest BCUT2D eigenvalue weighted by atomic mass is 10.2. The van der Waals surface area contributed by atoms with Gasteiger partial charge in [0.1, 0.15) is 0 Å². The van der Waals surface area contributed by atoms with Crippen molar-refractivity contribution in [1.29, 1.82) is 0 Å². The molecule has 2 aliphatic heterocycles. The zero-order valence-corrected chi connectivity index (χ0v) is 24.7. The lowest BCUT2D eigenvalue weighted by Crippen LogP contribution is -2.46. The van der Waals surface area contributed by atoms with Crippen molar-refractivity contribution in [1.82, 2.24) is 19.6 Å². The van der Waals surface area contributed by atoms with E-state index < -0.39 is 5.51 Å². The summed E-state index contributed by atoms with van der Waals surface area (Å²) >= 11 is -0.0930. The van der Waals surface area contributed by atoms with Crippen molar-refractivity contribution in [3.05, 3.63) is 59.3 Å². The fraction of sp³-hybridized carbons (Fsp3) is 0.621. The van der Waals surface area contributed by atoms with Crippen molar-refractivity contribution in [2.24, 2.45) is 0 Å². The predicted octanol–water partition coefficient (Wildman–Crippen LogP) is 6.65. The average molecular weight is 557 g/mol. The molecule has 0 unspecified atom stereocenters. The van der Waals surface area contributed by atoms with Gasteiger partial charge in [-0.2, -0.15) is 13.2 Å². The maximum absolute atomic E-state index is 12.8. The molecule has 216 valence electrons. The molecule has 2 saturated heterocycles. The van der Waals surface area contributed by atoms with E-state index in [1.807, 2.05) is 50.8 Å². The molecule has 9 heteroatoms. The highest BCUT2D eigenvalue weighted by Gasteiger charge is 2.28. The molecule has 0 aliphatic carbocycles. The van der Waals surface area contributed by atoms with Gasteiger partial charge in [0.15, 0.2) is 0 Å². The van der Waals surface area contributed by atoms with Crippen LogP contribution in [-0.2, 0) is 4.79 Å². The molecule has 0 aromatic heterocycles. The van der Waals surface area contributed by atoms with Gasteiger partial charge in [-0.25, -0.2) is 0 Å². The smallest absolute Gasteiger partial charge is 0.373 e. The molecule has 2 fully saturated rings. The van der Waals surface area contributed by atoms with Gasteiger partial charge in [0.2, 0.25) is 5.91 Å². The molecule has 0 atom stereocenters. The third-order valence-electron chi connectivity index (χ3n) is 6.45. The van der Waals surface area contributed by atoms with Crippen molar-refractivity contribution >= 4 is 17.7 Å². The molecule has 1 amide bonds. The van der Waals surface area contributed by atoms with E-state index in [9.17, 15) is 18.0 Å². The van der Waals surface area contributed by atoms with Crippen LogP contribution in [0.5, 0.6) is 0 Å². The van der Waals surface area contributed by atoms with Gasteiger partial charge >= 0.3 is 5.51 Å². The van der Waals surface area contributed by atoms with Crippen molar-refractivity contribution in [2.45, 2.75) is 59.4 Å². The number of hydrogen-bond donors (Lipinski definition) is 0. The Morgan fingerprint density at radius 2 is 1.50 bits per heavy atom. The monoisotopic (exact) mass is 556 g/mol. The van der Waals surface area contributed by atoms with E-state index in [0.29, 0.717) is 19.5 Å². The lowest BCUT2D eigenvalue weighted by molar-refractivity contribution is -0.131. The molecule has 0 spiro atoms. The number of hydrogen-bond acceptors (Lipinski definition) is 5. The fourth-order valence-corrected chi connectivity index (χ4v) is 4.92. The molecule has 0 bridgehead atoms. The summed E-state index contributed by atoms with van der Waals surface area (Å²) in [6, 6.07) is 0. The highest BCUT2D eigenvalue weighted by molar-refractivity contribution is 8.03. The molecule has 5 nitrogen and oxygen atoms in total. The number of alkyl halides is 3. The van der Waals surface area contributed by atoms with Crippen LogP contribution in [0.1, 0.15) is 53.9 Å². The Morgan fingerprint density at radius 1 is 0.895 bits per heavy atom. The minimum absolute atomic E-state index is 0.0930. The van der Waals surface area contributed by atoms with E-state index in [-0.39, 0.29) is 22.6 Å². The summed E-state index contributed by atoms with van der Waals surface area (Å²) < 4.78 is 37.5. The summed E-state index contributed by atoms with van der Waals surface area (Å²) in [4.78, 5) is 21.9. The molecule has 2 heterocycles. The Hall–Kier alpha value is -2.13. The second-order valence-electron chi connectivity index (χ2n) is 9.11. The van der Waals surface area contributed by atoms with Crippen LogP contribution >= 0.6 is 11.8 Å². The Kier molecular flexibility index (Phi) is 16.2. The number of allylic oxidation sites excluding steroid dienone is 8. The first-order valence-corrected chi connectivity index (χ1v) is 14.5. The van der Waals surface area contributed by atoms with Gasteiger partial charge in [-0.05, 0) is 75.1 Å². The number of piperazine rings is 1. The number of halogens is 3. The highest BCUT2D eigenvalue weighted by atomic mass is 32.2. The van der Waals surface area contributed by atoms with Crippen LogP contribution < -0.4 is 0 Å². The number of nitrogens with zero attached hydrogens (tertiary/aromatic N) is 4. The van der Waals surface area contributed by atoms with Crippen LogP contribution in [0.3, 0.4) is 0 Å². The van der Waals surface area contributed by atoms with Gasteiger partial charge in [-0.1, -0.05) is 38.7 Å². The Balaban J connectivity index is 0.00000352. The molecule has 2 rings (SSSR count). The van der Waals surface area contributed by atoms with E-state index in [2.05, 4.69) is 27.4 Å². The number of carbonyl (C=O) groups is 1. The zero-order chi connectivity index (χ0) is 28.6. The molecular weight excluding hydrogens is 509 g/mol. The van der Waals surface area contributed by atoms with E-state index in [1.165, 1.54) is 13.0 Å². The molecular formula is C29H47F3N4OS. The number of carbonyl (C=O) groups excluding carboxylic acids is 1. The topological polar surface area (TPSA) is 30.0 Å². The Labute approximate surface area is 232 Å². The molecule has 38 heavy (non-hydrogen) atoms. The van der Waals surface area contributed by atoms with Crippen LogP contribution in [0, 0.1) is 0 Å². The van der Waals surface area contributed by atoms with Crippen molar-refractivity contribution in [2.75, 3.05) is 58.9 Å². The SMILES string of the molecule is C=C/C(=C\C=C/C)N1CCN(CCCC(=O)N2CCCN(/C(C)=C/C=C(\C)SC(F)(F)F)CC2)CC1.CC. The van der Waals surface area contributed by atoms with Crippen LogP contribution in [0.15, 0.2) is 59.3 Å². The van der Waals surface area contributed by atoms with Crippen molar-refractivity contribution in [3.63, 3.8) is 0 Å². The van der Waals surface area contributed by atoms with Gasteiger partial charge in [0.05, 0.1) is 0 Å². The standard InChI is InChI=1S/C27H41F3N4OS.C2H6/c1-5-7-10-25(6-2)33-19-17-31(18-20-33)14-8-11-26(35)34-16-9-15-32(21-22-34)23(3)12-13-24(4)36-27(28,29)30;1-2/h5-7,10,12-13H,2,8-9,11,14-22H2,1,3-4H3;1-2H3/b7-5-,23-12+,24-13+,25-10+;. The highest BCUT2D eigenvalue weighted by Crippen LogP contribution is 2.35. The maximum Gasteiger partial charge on any atom is 0.446 e. The van der Waals surface area contributed by atoms with Crippen LogP contribution in [-0.4, -0.2) is 89.9 Å². The zero-order valence-electron chi connectivity index (χ0n) is 23.9. The van der Waals surface area contributed by atoms with Crippen molar-refractivity contribution < 1.29 is 18.0 Å². The van der Waals surface area contributed by atoms with Gasteiger partial charge in [0, 0.05) is 70.2 Å². The molecule has 0 N–H and O–H groups in total. The molecule has 0 aromatic rings. The van der Waals surface area contributed by atoms with E-state index >= 15 is 0 Å². The normalized spacial score (nSPS) is 18.8. The summed E-state index contributed by atoms with van der Waals surface area (Å²) in [5.74, 6) is 0.192. The number of thioether (sulfide) groups is 1. The van der Waals surface area contributed by atoms with Crippen LogP contribution in [0.4, 0.5) is 13.2 Å². The predicted molar refractivity (Wildman–Crippen MR) is 156 cm³/mol. The van der Waals surface area contributed by atoms with Gasteiger partial charge in [-0.3, -0.25) is 9.69 Å². The molecule has 2 aliphatic rings. The minimum Gasteiger partial charge on any atom is -0.373 e. The van der Waals surface area contributed by atoms with Gasteiger partial charge in [0.25, 0.3) is 0 Å². The summed E-state index contributed by atoms with van der Waals surface area (Å²) in [7, 11) is 0. The first-order valence-electron chi connectivity index (χ1n) is 13.7. The summed E-state index contributed by atoms with van der Waals surface area (Å²) in [6.07, 6.45) is 13.5. The van der Waals surface area contributed by atoms with Gasteiger partial charge < -0.3 is 14.7 Å². The first kappa shape index (κ1) is 33.9. The summed E-state index contributed by atoms with van der Waals surface area (Å²) in [6.45, 7) is 21.0. The average Bonchev–Trinajstić information content (AvgIpc) is 3.15. The van der Waals surface area contributed by atoms with Crippen molar-refractivity contribution in [3.8, 4) is 0 Å². The lowest BCUT2D eigenvalue weighted by Gasteiger charge is -2.36. The third-order valence-corrected chi connectivity index (χ3v) is 7.14. The molecule has 0 aromatic carbocycles. The van der Waals surface area contributed by atoms with Crippen LogP contribution in [0.2, 0.25) is 0 Å². The Morgan fingerprint density at radius 3 is 2.11 bits per heavy atom. The van der Waals surface area contributed by atoms with E-state index in [1.54, 1.807) is 6.08 Å². The number of rotatable bonds is 10. The quantitative estimate of drug-likeness (QED) is 0.281. The third kappa shape index (κ3) is 13.1. The molecule has 0 radical (unpaired) electrons. The first-order chi connectivity index (χ1) is 18.1. The Bertz CT molecular complexity index is 843. The summed E-state index contributed by atoms with van der Waals surface area (Å²) in [5, 5.41) is 0. The molecule has 0 saturated carbocycles. The van der Waals surface area contributed by atoms with Crippen LogP contribution in [0.25, 0.3) is 0 Å². The maximum atomic E-state index is 12.8. The second-order valence-corrected chi connectivity index (χ2v) is 10.4. The van der Waals surface area contributed by atoms with Gasteiger partial charge in [-0.15, -0.1) is 0 Å². The van der Waals surface area contributed by atoms with E-state index in [4.69, 9.17) is 0 Å². The minimum atomic E-state index is -4.27. The second kappa shape index (κ2) is 18.2. The largest absolute Gasteiger partial charge is 0.446 e.